The normalized spacial score (nSPS) is 12.5. The molecule has 3 rings (SSSR count). The first-order valence-electron chi connectivity index (χ1n) is 10.1. The van der Waals surface area contributed by atoms with Crippen molar-refractivity contribution < 1.29 is 26.7 Å². The van der Waals surface area contributed by atoms with Gasteiger partial charge in [-0.25, -0.2) is 21.6 Å². The van der Waals surface area contributed by atoms with Crippen LogP contribution in [-0.4, -0.2) is 31.1 Å². The molecule has 0 bridgehead atoms. The molecule has 0 saturated heterocycles. The lowest BCUT2D eigenvalue weighted by molar-refractivity contribution is 0.154. The average Bonchev–Trinajstić information content (AvgIpc) is 2.75. The van der Waals surface area contributed by atoms with E-state index < -0.39 is 32.9 Å². The first kappa shape index (κ1) is 25.2. The van der Waals surface area contributed by atoms with Crippen molar-refractivity contribution in [3.63, 3.8) is 0 Å². The molecule has 9 heteroatoms. The Bertz CT molecular complexity index is 1390. The molecule has 3 N–H and O–H groups in total. The van der Waals surface area contributed by atoms with Crippen LogP contribution in [0.4, 0.5) is 18.9 Å². The van der Waals surface area contributed by atoms with E-state index in [1.54, 1.807) is 12.1 Å². The molecule has 0 amide bonds. The van der Waals surface area contributed by atoms with Gasteiger partial charge in [0.05, 0.1) is 22.0 Å². The van der Waals surface area contributed by atoms with Gasteiger partial charge in [-0.3, -0.25) is 0 Å². The fourth-order valence-corrected chi connectivity index (χ4v) is 3.73. The van der Waals surface area contributed by atoms with Crippen LogP contribution in [0.2, 0.25) is 0 Å². The highest BCUT2D eigenvalue weighted by molar-refractivity contribution is 7.90. The van der Waals surface area contributed by atoms with Gasteiger partial charge in [0.15, 0.2) is 21.5 Å². The van der Waals surface area contributed by atoms with E-state index in [1.165, 1.54) is 56.3 Å². The molecule has 0 unspecified atom stereocenters. The highest BCUT2D eigenvalue weighted by Crippen LogP contribution is 2.29. The summed E-state index contributed by atoms with van der Waals surface area (Å²) in [6, 6.07) is 13.6. The fraction of sp³-hybridized carbons (Fsp3) is 0.160. The molecular formula is C25H23F3N2O3S. The van der Waals surface area contributed by atoms with Gasteiger partial charge < -0.3 is 15.8 Å². The highest BCUT2D eigenvalue weighted by Gasteiger charge is 2.21. The molecular weight excluding hydrogens is 465 g/mol. The standard InChI is InChI=1S/C25H23F3N2O3S/c1-25(2,31)23(29)14-22(18-8-5-9-19(26)24(18)28)30-21-11-10-16(13-20(21)27)15-6-4-7-17(12-15)34(3,32)33/h4-14,29-31H,1-3H3/b22-14-,29-23?. The van der Waals surface area contributed by atoms with Gasteiger partial charge in [-0.2, -0.15) is 0 Å². The van der Waals surface area contributed by atoms with E-state index in [9.17, 15) is 22.3 Å². The zero-order chi connectivity index (χ0) is 25.3. The minimum Gasteiger partial charge on any atom is -0.384 e. The van der Waals surface area contributed by atoms with Crippen LogP contribution >= 0.6 is 0 Å². The Kier molecular flexibility index (Phi) is 6.99. The van der Waals surface area contributed by atoms with Gasteiger partial charge in [-0.05, 0) is 67.4 Å². The Labute approximate surface area is 196 Å². The molecule has 0 spiro atoms. The van der Waals surface area contributed by atoms with E-state index in [2.05, 4.69) is 5.32 Å². The van der Waals surface area contributed by atoms with Crippen molar-refractivity contribution in [2.45, 2.75) is 24.3 Å². The molecule has 0 saturated carbocycles. The summed E-state index contributed by atoms with van der Waals surface area (Å²) >= 11 is 0. The Hall–Kier alpha value is -3.43. The molecule has 3 aromatic rings. The highest BCUT2D eigenvalue weighted by atomic mass is 32.2. The molecule has 0 atom stereocenters. The molecule has 3 aromatic carbocycles. The van der Waals surface area contributed by atoms with E-state index in [0.29, 0.717) is 11.1 Å². The molecule has 0 aliphatic heterocycles. The summed E-state index contributed by atoms with van der Waals surface area (Å²) in [6.07, 6.45) is 2.17. The maximum Gasteiger partial charge on any atom is 0.175 e. The van der Waals surface area contributed by atoms with Gasteiger partial charge in [-0.1, -0.05) is 24.3 Å². The third-order valence-electron chi connectivity index (χ3n) is 5.02. The van der Waals surface area contributed by atoms with Crippen LogP contribution in [0.5, 0.6) is 0 Å². The summed E-state index contributed by atoms with van der Waals surface area (Å²) in [4.78, 5) is 0.0875. The Morgan fingerprint density at radius 3 is 2.24 bits per heavy atom. The second-order valence-electron chi connectivity index (χ2n) is 8.25. The summed E-state index contributed by atoms with van der Waals surface area (Å²) in [7, 11) is -3.45. The van der Waals surface area contributed by atoms with Crippen molar-refractivity contribution in [1.82, 2.24) is 0 Å². The Morgan fingerprint density at radius 2 is 1.62 bits per heavy atom. The van der Waals surface area contributed by atoms with Crippen LogP contribution in [0.3, 0.4) is 0 Å². The molecule has 0 fully saturated rings. The van der Waals surface area contributed by atoms with E-state index in [-0.39, 0.29) is 27.6 Å². The second kappa shape index (κ2) is 9.44. The average molecular weight is 489 g/mol. The molecule has 0 heterocycles. The lowest BCUT2D eigenvalue weighted by atomic mass is 9.99. The zero-order valence-electron chi connectivity index (χ0n) is 18.7. The van der Waals surface area contributed by atoms with Gasteiger partial charge in [0, 0.05) is 11.8 Å². The minimum absolute atomic E-state index is 0.0875. The van der Waals surface area contributed by atoms with Gasteiger partial charge in [0.2, 0.25) is 0 Å². The zero-order valence-corrected chi connectivity index (χ0v) is 19.5. The van der Waals surface area contributed by atoms with Gasteiger partial charge in [0.1, 0.15) is 11.4 Å². The van der Waals surface area contributed by atoms with Crippen molar-refractivity contribution in [3.8, 4) is 11.1 Å². The largest absolute Gasteiger partial charge is 0.384 e. The number of rotatable bonds is 7. The Morgan fingerprint density at radius 1 is 0.971 bits per heavy atom. The van der Waals surface area contributed by atoms with Crippen molar-refractivity contribution in [2.24, 2.45) is 0 Å². The number of hydrogen-bond acceptors (Lipinski definition) is 5. The number of halogens is 3. The van der Waals surface area contributed by atoms with E-state index in [0.717, 1.165) is 18.4 Å². The molecule has 0 aromatic heterocycles. The van der Waals surface area contributed by atoms with E-state index >= 15 is 4.39 Å². The van der Waals surface area contributed by atoms with Crippen LogP contribution in [0, 0.1) is 22.9 Å². The fourth-order valence-electron chi connectivity index (χ4n) is 3.06. The number of sulfone groups is 1. The smallest absolute Gasteiger partial charge is 0.175 e. The van der Waals surface area contributed by atoms with E-state index in [1.807, 2.05) is 0 Å². The number of nitrogens with one attached hydrogen (secondary N) is 2. The summed E-state index contributed by atoms with van der Waals surface area (Å²) < 4.78 is 67.0. The molecule has 0 aliphatic carbocycles. The number of benzene rings is 3. The monoisotopic (exact) mass is 488 g/mol. The number of hydrogen-bond donors (Lipinski definition) is 3. The predicted octanol–water partition coefficient (Wildman–Crippen LogP) is 5.42. The van der Waals surface area contributed by atoms with Gasteiger partial charge in [0.25, 0.3) is 0 Å². The first-order valence-corrected chi connectivity index (χ1v) is 12.0. The molecule has 34 heavy (non-hydrogen) atoms. The topological polar surface area (TPSA) is 90.2 Å². The number of aliphatic hydroxyl groups is 1. The van der Waals surface area contributed by atoms with Gasteiger partial charge in [-0.15, -0.1) is 0 Å². The van der Waals surface area contributed by atoms with E-state index in [4.69, 9.17) is 5.41 Å². The third kappa shape index (κ3) is 5.73. The second-order valence-corrected chi connectivity index (χ2v) is 10.3. The summed E-state index contributed by atoms with van der Waals surface area (Å²) in [5, 5.41) is 20.8. The maximum absolute atomic E-state index is 15.0. The van der Waals surface area contributed by atoms with Gasteiger partial charge >= 0.3 is 0 Å². The summed E-state index contributed by atoms with van der Waals surface area (Å²) in [5.41, 5.74) is -1.49. The van der Waals surface area contributed by atoms with Crippen LogP contribution in [-0.2, 0) is 9.84 Å². The summed E-state index contributed by atoms with van der Waals surface area (Å²) in [6.45, 7) is 2.71. The molecule has 5 nitrogen and oxygen atoms in total. The third-order valence-corrected chi connectivity index (χ3v) is 6.13. The van der Waals surface area contributed by atoms with Crippen LogP contribution in [0.1, 0.15) is 19.4 Å². The first-order chi connectivity index (χ1) is 15.8. The number of anilines is 1. The Balaban J connectivity index is 2.03. The SMILES string of the molecule is CC(C)(O)C(=N)/C=C(\Nc1ccc(-c2cccc(S(C)(=O)=O)c2)cc1F)c1cccc(F)c1F. The predicted molar refractivity (Wildman–Crippen MR) is 127 cm³/mol. The van der Waals surface area contributed by atoms with Crippen molar-refractivity contribution in [3.05, 3.63) is 89.8 Å². The molecule has 178 valence electrons. The summed E-state index contributed by atoms with van der Waals surface area (Å²) in [5.74, 6) is -3.07. The van der Waals surface area contributed by atoms with Crippen LogP contribution in [0.25, 0.3) is 16.8 Å². The maximum atomic E-state index is 15.0. The lowest BCUT2D eigenvalue weighted by Gasteiger charge is -2.19. The lowest BCUT2D eigenvalue weighted by Crippen LogP contribution is -2.29. The van der Waals surface area contributed by atoms with Crippen molar-refractivity contribution >= 4 is 26.9 Å². The minimum atomic E-state index is -3.45. The van der Waals surface area contributed by atoms with Crippen LogP contribution < -0.4 is 5.32 Å². The molecule has 0 aliphatic rings. The quantitative estimate of drug-likeness (QED) is 0.388. The molecule has 0 radical (unpaired) electrons. The van der Waals surface area contributed by atoms with Crippen molar-refractivity contribution in [1.29, 1.82) is 5.41 Å². The van der Waals surface area contributed by atoms with Crippen molar-refractivity contribution in [2.75, 3.05) is 11.6 Å². The van der Waals surface area contributed by atoms with Crippen LogP contribution in [0.15, 0.2) is 71.6 Å².